The smallest absolute Gasteiger partial charge is 0.406 e. The van der Waals surface area contributed by atoms with Gasteiger partial charge in [-0.1, -0.05) is 62.0 Å². The Labute approximate surface area is 273 Å². The Hall–Kier alpha value is -4.46. The first-order valence-corrected chi connectivity index (χ1v) is 15.9. The number of aryl methyl sites for hydroxylation is 1. The van der Waals surface area contributed by atoms with Gasteiger partial charge in [0.05, 0.1) is 5.69 Å². The minimum atomic E-state index is -4.80. The van der Waals surface area contributed by atoms with Crippen LogP contribution in [0.3, 0.4) is 0 Å². The van der Waals surface area contributed by atoms with Crippen LogP contribution in [-0.4, -0.2) is 50.4 Å². The molecule has 1 saturated heterocycles. The molecular weight excluding hydrogens is 639 g/mol. The molecule has 3 unspecified atom stereocenters. The summed E-state index contributed by atoms with van der Waals surface area (Å²) in [5.41, 5.74) is 4.01. The van der Waals surface area contributed by atoms with Crippen LogP contribution in [0.1, 0.15) is 56.0 Å². The minimum absolute atomic E-state index is 0.0162. The number of amides is 2. The van der Waals surface area contributed by atoms with E-state index in [0.29, 0.717) is 16.4 Å². The molecule has 8 nitrogen and oxygen atoms in total. The van der Waals surface area contributed by atoms with Crippen molar-refractivity contribution in [2.24, 2.45) is 4.99 Å². The van der Waals surface area contributed by atoms with E-state index in [1.807, 2.05) is 30.1 Å². The van der Waals surface area contributed by atoms with Crippen molar-refractivity contribution in [3.05, 3.63) is 89.7 Å². The van der Waals surface area contributed by atoms with E-state index in [4.69, 9.17) is 0 Å². The lowest BCUT2D eigenvalue weighted by Crippen LogP contribution is -2.43. The van der Waals surface area contributed by atoms with Gasteiger partial charge in [0.15, 0.2) is 17.2 Å². The number of anilines is 1. The van der Waals surface area contributed by atoms with Gasteiger partial charge >= 0.3 is 12.4 Å². The molecule has 248 valence electrons. The molecule has 0 saturated carbocycles. The summed E-state index contributed by atoms with van der Waals surface area (Å²) in [6.07, 6.45) is -7.10. The number of rotatable bonds is 8. The number of ether oxygens (including phenoxy) is 1. The number of amidine groups is 1. The molecule has 3 aromatic carbocycles. The summed E-state index contributed by atoms with van der Waals surface area (Å²) in [6, 6.07) is 16.0. The number of thioether (sulfide) groups is 1. The van der Waals surface area contributed by atoms with Crippen molar-refractivity contribution >= 4 is 28.6 Å². The lowest BCUT2D eigenvalue weighted by Gasteiger charge is -2.37. The Kier molecular flexibility index (Phi) is 10.2. The molecule has 1 N–H and O–H groups in total. The molecule has 1 aliphatic heterocycles. The highest BCUT2D eigenvalue weighted by atomic mass is 32.2. The van der Waals surface area contributed by atoms with Crippen molar-refractivity contribution in [1.82, 2.24) is 20.1 Å². The quantitative estimate of drug-likeness (QED) is 0.149. The Morgan fingerprint density at radius 3 is 2.43 bits per heavy atom. The molecule has 0 aliphatic carbocycles. The summed E-state index contributed by atoms with van der Waals surface area (Å²) in [7, 11) is 0. The van der Waals surface area contributed by atoms with Crippen LogP contribution < -0.4 is 15.0 Å². The molecule has 14 heteroatoms. The molecule has 4 aromatic rings. The molecule has 47 heavy (non-hydrogen) atoms. The molecule has 0 radical (unpaired) electrons. The molecule has 1 aromatic heterocycles. The highest BCUT2D eigenvalue weighted by Gasteiger charge is 2.32. The maximum absolute atomic E-state index is 15.2. The van der Waals surface area contributed by atoms with Crippen LogP contribution in [0.2, 0.25) is 0 Å². The number of aromatic nitrogens is 3. The number of halogens is 5. The van der Waals surface area contributed by atoms with Crippen LogP contribution in [0.15, 0.2) is 78.0 Å². The SMILES string of the molecule is Cc1ccc(C(C)C)c(N2C(=NC(=O)NC(F)C(F)c3ccc(-c4ncn(-c5ccc(OC(F)(F)F)cc5)n4)cc3)SCCC2C)c1. The number of alkyl halides is 5. The fraction of sp³-hybridized carbons (Fsp3) is 0.333. The van der Waals surface area contributed by atoms with Crippen LogP contribution in [0.4, 0.5) is 32.4 Å². The second-order valence-corrected chi connectivity index (χ2v) is 12.5. The molecule has 0 spiro atoms. The van der Waals surface area contributed by atoms with Crippen molar-refractivity contribution in [1.29, 1.82) is 0 Å². The number of urea groups is 1. The summed E-state index contributed by atoms with van der Waals surface area (Å²) in [5, 5.41) is 6.78. The van der Waals surface area contributed by atoms with Gasteiger partial charge in [-0.3, -0.25) is 0 Å². The van der Waals surface area contributed by atoms with Gasteiger partial charge in [0.1, 0.15) is 12.1 Å². The summed E-state index contributed by atoms with van der Waals surface area (Å²) in [4.78, 5) is 23.2. The Morgan fingerprint density at radius 2 is 1.77 bits per heavy atom. The van der Waals surface area contributed by atoms with Crippen molar-refractivity contribution in [3.63, 3.8) is 0 Å². The third kappa shape index (κ3) is 8.28. The Morgan fingerprint density at radius 1 is 1.06 bits per heavy atom. The van der Waals surface area contributed by atoms with Crippen LogP contribution in [0.5, 0.6) is 5.75 Å². The van der Waals surface area contributed by atoms with Crippen molar-refractivity contribution < 1.29 is 31.5 Å². The third-order valence-corrected chi connectivity index (χ3v) is 8.50. The number of nitrogens with zero attached hydrogens (tertiary/aromatic N) is 5. The molecule has 5 rings (SSSR count). The first-order valence-electron chi connectivity index (χ1n) is 14.9. The predicted octanol–water partition coefficient (Wildman–Crippen LogP) is 8.67. The Bertz CT molecular complexity index is 1730. The molecule has 0 bridgehead atoms. The van der Waals surface area contributed by atoms with Gasteiger partial charge in [-0.05, 0) is 73.2 Å². The number of hydrogen-bond donors (Lipinski definition) is 1. The van der Waals surface area contributed by atoms with Gasteiger partial charge in [-0.2, -0.15) is 4.99 Å². The van der Waals surface area contributed by atoms with E-state index in [-0.39, 0.29) is 29.1 Å². The standard InChI is InChI=1S/C33H33F5N6O2S/c1-19(2)26-14-5-20(3)17-27(26)44-21(4)15-16-47-32(44)41-31(45)40-29(35)28(34)22-6-8-23(9-7-22)30-39-18-43(42-30)24-10-12-25(13-11-24)46-33(36,37)38/h5-14,17-19,21,28-29H,15-16H2,1-4H3,(H,40,45). The van der Waals surface area contributed by atoms with Gasteiger partial charge in [-0.25, -0.2) is 23.2 Å². The van der Waals surface area contributed by atoms with Crippen LogP contribution in [0.25, 0.3) is 17.1 Å². The Balaban J connectivity index is 1.25. The zero-order valence-electron chi connectivity index (χ0n) is 26.0. The lowest BCUT2D eigenvalue weighted by molar-refractivity contribution is -0.274. The van der Waals surface area contributed by atoms with E-state index in [0.717, 1.165) is 41.1 Å². The first kappa shape index (κ1) is 33.9. The normalized spacial score (nSPS) is 17.5. The van der Waals surface area contributed by atoms with E-state index in [1.54, 1.807) is 0 Å². The average Bonchev–Trinajstić information content (AvgIpc) is 3.51. The highest BCUT2D eigenvalue weighted by Crippen LogP contribution is 2.36. The first-order chi connectivity index (χ1) is 22.3. The fourth-order valence-electron chi connectivity index (χ4n) is 5.10. The van der Waals surface area contributed by atoms with Gasteiger partial charge in [0, 0.05) is 23.0 Å². The van der Waals surface area contributed by atoms with Crippen molar-refractivity contribution in [2.75, 3.05) is 10.7 Å². The molecule has 1 aliphatic rings. The number of carbonyl (C=O) groups excluding carboxylic acids is 1. The van der Waals surface area contributed by atoms with Gasteiger partial charge < -0.3 is 15.0 Å². The lowest BCUT2D eigenvalue weighted by atomic mass is 9.98. The molecular formula is C33H33F5N6O2S. The van der Waals surface area contributed by atoms with E-state index in [9.17, 15) is 18.0 Å². The fourth-order valence-corrected chi connectivity index (χ4v) is 6.31. The van der Waals surface area contributed by atoms with Crippen molar-refractivity contribution in [3.8, 4) is 22.8 Å². The van der Waals surface area contributed by atoms with Crippen molar-refractivity contribution in [2.45, 2.75) is 64.9 Å². The maximum Gasteiger partial charge on any atom is 0.573 e. The summed E-state index contributed by atoms with van der Waals surface area (Å²) >= 11 is 1.40. The predicted molar refractivity (Wildman–Crippen MR) is 172 cm³/mol. The van der Waals surface area contributed by atoms with Crippen LogP contribution >= 0.6 is 11.8 Å². The second kappa shape index (κ2) is 14.1. The van der Waals surface area contributed by atoms with E-state index >= 15 is 8.78 Å². The summed E-state index contributed by atoms with van der Waals surface area (Å²) < 4.78 is 72.7. The number of hydrogen-bond acceptors (Lipinski definition) is 5. The van der Waals surface area contributed by atoms with Gasteiger partial charge in [0.25, 0.3) is 0 Å². The van der Waals surface area contributed by atoms with Crippen LogP contribution in [-0.2, 0) is 0 Å². The van der Waals surface area contributed by atoms with E-state index in [2.05, 4.69) is 45.8 Å². The molecule has 2 amide bonds. The van der Waals surface area contributed by atoms with Gasteiger partial charge in [-0.15, -0.1) is 18.3 Å². The van der Waals surface area contributed by atoms with Gasteiger partial charge in [0.2, 0.25) is 6.30 Å². The number of benzene rings is 3. The number of carbonyl (C=O) groups is 1. The maximum atomic E-state index is 15.2. The summed E-state index contributed by atoms with van der Waals surface area (Å²) in [6.45, 7) is 8.22. The van der Waals surface area contributed by atoms with E-state index in [1.165, 1.54) is 59.2 Å². The molecule has 2 heterocycles. The number of aliphatic imine (C=N–C) groups is 1. The molecule has 1 fully saturated rings. The number of nitrogens with one attached hydrogen (secondary N) is 1. The second-order valence-electron chi connectivity index (χ2n) is 11.4. The molecule has 3 atom stereocenters. The largest absolute Gasteiger partial charge is 0.573 e. The topological polar surface area (TPSA) is 84.6 Å². The zero-order valence-corrected chi connectivity index (χ0v) is 26.8. The van der Waals surface area contributed by atoms with Crippen LogP contribution in [0, 0.1) is 6.92 Å². The van der Waals surface area contributed by atoms with E-state index < -0.39 is 24.9 Å². The summed E-state index contributed by atoms with van der Waals surface area (Å²) in [5.74, 6) is 0.837. The average molecular weight is 673 g/mol. The minimum Gasteiger partial charge on any atom is -0.406 e. The third-order valence-electron chi connectivity index (χ3n) is 7.51. The highest BCUT2D eigenvalue weighted by molar-refractivity contribution is 8.14. The monoisotopic (exact) mass is 672 g/mol. The zero-order chi connectivity index (χ0) is 33.9.